The third-order valence-corrected chi connectivity index (χ3v) is 4.52. The summed E-state index contributed by atoms with van der Waals surface area (Å²) in [6.45, 7) is 9.95. The zero-order valence-corrected chi connectivity index (χ0v) is 11.0. The third kappa shape index (κ3) is 2.11. The Hall–Kier alpha value is -0.890. The maximum Gasteiger partial charge on any atom is 0.162 e. The van der Waals surface area contributed by atoms with Gasteiger partial charge in [-0.1, -0.05) is 17.7 Å². The standard InChI is InChI=1S/C15H22O2/c1-9(2)12-8-13-11(5-6-15(13,4)17)10(3)7-14(12)16/h11,13,17H,3,5-8H2,1-2,4H3/t11-,13+,15+/m1/s1. The minimum atomic E-state index is -0.640. The molecule has 2 nitrogen and oxygen atoms in total. The van der Waals surface area contributed by atoms with E-state index in [1.54, 1.807) is 0 Å². The molecule has 0 heterocycles. The molecule has 0 aliphatic heterocycles. The average Bonchev–Trinajstić information content (AvgIpc) is 2.41. The molecular weight excluding hydrogens is 212 g/mol. The van der Waals surface area contributed by atoms with Gasteiger partial charge in [0.1, 0.15) is 0 Å². The molecule has 17 heavy (non-hydrogen) atoms. The van der Waals surface area contributed by atoms with Crippen LogP contribution in [0.1, 0.15) is 46.5 Å². The maximum atomic E-state index is 12.1. The van der Waals surface area contributed by atoms with Crippen LogP contribution >= 0.6 is 0 Å². The van der Waals surface area contributed by atoms with Gasteiger partial charge in [0.05, 0.1) is 5.60 Å². The third-order valence-electron chi connectivity index (χ3n) is 4.52. The Bertz CT molecular complexity index is 397. The smallest absolute Gasteiger partial charge is 0.162 e. The predicted octanol–water partition coefficient (Wildman–Crippen LogP) is 3.02. The molecule has 0 aromatic rings. The Labute approximate surface area is 103 Å². The molecule has 2 aliphatic carbocycles. The van der Waals surface area contributed by atoms with Crippen molar-refractivity contribution in [3.05, 3.63) is 23.3 Å². The molecule has 0 saturated heterocycles. The van der Waals surface area contributed by atoms with E-state index in [-0.39, 0.29) is 11.7 Å². The Balaban J connectivity index is 2.40. The van der Waals surface area contributed by atoms with E-state index in [1.807, 2.05) is 20.8 Å². The van der Waals surface area contributed by atoms with Crippen molar-refractivity contribution >= 4 is 5.78 Å². The van der Waals surface area contributed by atoms with Crippen molar-refractivity contribution in [1.29, 1.82) is 0 Å². The van der Waals surface area contributed by atoms with Gasteiger partial charge in [0.25, 0.3) is 0 Å². The minimum Gasteiger partial charge on any atom is -0.390 e. The molecular formula is C15H22O2. The fourth-order valence-corrected chi connectivity index (χ4v) is 3.38. The van der Waals surface area contributed by atoms with Crippen LogP contribution in [0.5, 0.6) is 0 Å². The first-order valence-electron chi connectivity index (χ1n) is 6.42. The highest BCUT2D eigenvalue weighted by Crippen LogP contribution is 2.49. The fourth-order valence-electron chi connectivity index (χ4n) is 3.38. The van der Waals surface area contributed by atoms with Crippen molar-refractivity contribution in [2.24, 2.45) is 11.8 Å². The highest BCUT2D eigenvalue weighted by Gasteiger charge is 2.47. The summed E-state index contributed by atoms with van der Waals surface area (Å²) in [5, 5.41) is 10.4. The number of aliphatic hydroxyl groups is 1. The molecule has 2 heteroatoms. The number of carbonyl (C=O) groups is 1. The lowest BCUT2D eigenvalue weighted by molar-refractivity contribution is -0.115. The Morgan fingerprint density at radius 3 is 2.71 bits per heavy atom. The molecule has 2 saturated carbocycles. The molecule has 0 aromatic heterocycles. The molecule has 0 aromatic carbocycles. The van der Waals surface area contributed by atoms with E-state index in [9.17, 15) is 9.90 Å². The Morgan fingerprint density at radius 2 is 2.12 bits per heavy atom. The molecule has 0 bridgehead atoms. The number of allylic oxidation sites excluding steroid dienone is 3. The average molecular weight is 234 g/mol. The van der Waals surface area contributed by atoms with Gasteiger partial charge in [-0.2, -0.15) is 0 Å². The zero-order chi connectivity index (χ0) is 12.8. The number of hydrogen-bond acceptors (Lipinski definition) is 2. The number of rotatable bonds is 0. The number of Topliss-reactive ketones (excluding diaryl/α,β-unsaturated/α-hetero) is 1. The molecule has 0 unspecified atom stereocenters. The van der Waals surface area contributed by atoms with Gasteiger partial charge in [-0.25, -0.2) is 0 Å². The summed E-state index contributed by atoms with van der Waals surface area (Å²) in [7, 11) is 0. The molecule has 0 radical (unpaired) electrons. The van der Waals surface area contributed by atoms with E-state index in [0.29, 0.717) is 12.3 Å². The molecule has 94 valence electrons. The van der Waals surface area contributed by atoms with Gasteiger partial charge in [-0.15, -0.1) is 0 Å². The van der Waals surface area contributed by atoms with E-state index in [0.717, 1.165) is 36.0 Å². The van der Waals surface area contributed by atoms with E-state index < -0.39 is 5.60 Å². The van der Waals surface area contributed by atoms with Crippen LogP contribution in [0.15, 0.2) is 23.3 Å². The van der Waals surface area contributed by atoms with Crippen molar-refractivity contribution in [3.8, 4) is 0 Å². The Morgan fingerprint density at radius 1 is 1.47 bits per heavy atom. The topological polar surface area (TPSA) is 37.3 Å². The van der Waals surface area contributed by atoms with Gasteiger partial charge < -0.3 is 5.11 Å². The summed E-state index contributed by atoms with van der Waals surface area (Å²) in [6, 6.07) is 0. The monoisotopic (exact) mass is 234 g/mol. The van der Waals surface area contributed by atoms with Crippen LogP contribution in [0.4, 0.5) is 0 Å². The van der Waals surface area contributed by atoms with Gasteiger partial charge in [0.15, 0.2) is 5.78 Å². The largest absolute Gasteiger partial charge is 0.390 e. The van der Waals surface area contributed by atoms with E-state index >= 15 is 0 Å². The van der Waals surface area contributed by atoms with Gasteiger partial charge in [0.2, 0.25) is 0 Å². The van der Waals surface area contributed by atoms with Crippen LogP contribution in [0, 0.1) is 11.8 Å². The van der Waals surface area contributed by atoms with Crippen LogP contribution < -0.4 is 0 Å². The van der Waals surface area contributed by atoms with Crippen LogP contribution in [-0.4, -0.2) is 16.5 Å². The SMILES string of the molecule is C=C1CC(=O)C(=C(C)C)C[C@H]2[C@@H]1CC[C@]2(C)O. The van der Waals surface area contributed by atoms with Crippen LogP contribution in [0.2, 0.25) is 0 Å². The van der Waals surface area contributed by atoms with Crippen molar-refractivity contribution in [1.82, 2.24) is 0 Å². The first-order chi connectivity index (χ1) is 7.83. The first-order valence-corrected chi connectivity index (χ1v) is 6.42. The number of ketones is 1. The summed E-state index contributed by atoms with van der Waals surface area (Å²) in [4.78, 5) is 12.1. The van der Waals surface area contributed by atoms with Crippen molar-refractivity contribution in [2.45, 2.75) is 52.1 Å². The molecule has 2 fully saturated rings. The minimum absolute atomic E-state index is 0.173. The summed E-state index contributed by atoms with van der Waals surface area (Å²) in [6.07, 6.45) is 2.99. The fraction of sp³-hybridized carbons (Fsp3) is 0.667. The van der Waals surface area contributed by atoms with Crippen molar-refractivity contribution < 1.29 is 9.90 Å². The number of fused-ring (bicyclic) bond motifs is 1. The second-order valence-electron chi connectivity index (χ2n) is 6.05. The number of hydrogen-bond donors (Lipinski definition) is 1. The molecule has 1 N–H and O–H groups in total. The summed E-state index contributed by atoms with van der Waals surface area (Å²) in [5.41, 5.74) is 2.39. The zero-order valence-electron chi connectivity index (χ0n) is 11.0. The molecule has 2 aliphatic rings. The summed E-state index contributed by atoms with van der Waals surface area (Å²) < 4.78 is 0. The molecule has 0 spiro atoms. The lowest BCUT2D eigenvalue weighted by Gasteiger charge is -2.29. The summed E-state index contributed by atoms with van der Waals surface area (Å²) in [5.74, 6) is 0.706. The lowest BCUT2D eigenvalue weighted by Crippen LogP contribution is -2.32. The van der Waals surface area contributed by atoms with Crippen LogP contribution in [-0.2, 0) is 4.79 Å². The lowest BCUT2D eigenvalue weighted by atomic mass is 9.81. The Kier molecular flexibility index (Phi) is 3.03. The normalized spacial score (nSPS) is 38.0. The van der Waals surface area contributed by atoms with Gasteiger partial charge in [-0.05, 0) is 57.4 Å². The summed E-state index contributed by atoms with van der Waals surface area (Å²) >= 11 is 0. The quantitative estimate of drug-likeness (QED) is 0.517. The first kappa shape index (κ1) is 12.6. The predicted molar refractivity (Wildman–Crippen MR) is 68.6 cm³/mol. The van der Waals surface area contributed by atoms with E-state index in [4.69, 9.17) is 0 Å². The van der Waals surface area contributed by atoms with Crippen LogP contribution in [0.25, 0.3) is 0 Å². The molecule has 0 amide bonds. The van der Waals surface area contributed by atoms with Crippen molar-refractivity contribution in [2.75, 3.05) is 0 Å². The highest BCUT2D eigenvalue weighted by molar-refractivity contribution is 5.98. The van der Waals surface area contributed by atoms with Gasteiger partial charge in [-0.3, -0.25) is 4.79 Å². The second kappa shape index (κ2) is 4.09. The van der Waals surface area contributed by atoms with Gasteiger partial charge in [0, 0.05) is 6.42 Å². The second-order valence-corrected chi connectivity index (χ2v) is 6.05. The molecule has 2 rings (SSSR count). The van der Waals surface area contributed by atoms with E-state index in [1.165, 1.54) is 0 Å². The molecule has 3 atom stereocenters. The van der Waals surface area contributed by atoms with Crippen molar-refractivity contribution in [3.63, 3.8) is 0 Å². The van der Waals surface area contributed by atoms with E-state index in [2.05, 4.69) is 6.58 Å². The van der Waals surface area contributed by atoms with Gasteiger partial charge >= 0.3 is 0 Å². The highest BCUT2D eigenvalue weighted by atomic mass is 16.3. The maximum absolute atomic E-state index is 12.1. The number of carbonyl (C=O) groups excluding carboxylic acids is 1. The van der Waals surface area contributed by atoms with Crippen LogP contribution in [0.3, 0.4) is 0 Å².